The lowest BCUT2D eigenvalue weighted by atomic mass is 10.2. The Morgan fingerprint density at radius 3 is 2.81 bits per heavy atom. The smallest absolute Gasteiger partial charge is 0.190 e. The summed E-state index contributed by atoms with van der Waals surface area (Å²) < 4.78 is 1.86. The maximum absolute atomic E-state index is 9.75. The quantitative estimate of drug-likeness (QED) is 0.238. The van der Waals surface area contributed by atoms with Crippen molar-refractivity contribution in [3.8, 4) is 28.4 Å². The number of thioether (sulfide) groups is 2. The van der Waals surface area contributed by atoms with Crippen molar-refractivity contribution in [2.45, 2.75) is 24.8 Å². The molecule has 0 atom stereocenters. The van der Waals surface area contributed by atoms with Crippen LogP contribution in [-0.4, -0.2) is 35.3 Å². The molecule has 0 unspecified atom stereocenters. The monoisotopic (exact) mass is 402 g/mol. The summed E-state index contributed by atoms with van der Waals surface area (Å²) in [5, 5.41) is 13.9. The van der Waals surface area contributed by atoms with E-state index >= 15 is 0 Å². The Balaban J connectivity index is 2.00. The Hall–Kier alpha value is -1.89. The molecule has 0 bridgehead atoms. The van der Waals surface area contributed by atoms with Gasteiger partial charge in [-0.2, -0.15) is 17.0 Å². The highest BCUT2D eigenvalue weighted by atomic mass is 32.2. The van der Waals surface area contributed by atoms with Crippen molar-refractivity contribution in [3.63, 3.8) is 0 Å². The molecule has 0 aromatic carbocycles. The first-order chi connectivity index (χ1) is 12.7. The number of hydrogen-bond donors (Lipinski definition) is 0. The topological polar surface area (TPSA) is 80.3 Å². The molecule has 0 fully saturated rings. The van der Waals surface area contributed by atoms with E-state index in [4.69, 9.17) is 0 Å². The lowest BCUT2D eigenvalue weighted by molar-refractivity contribution is 0.897. The second kappa shape index (κ2) is 9.16. The van der Waals surface area contributed by atoms with Crippen LogP contribution < -0.4 is 0 Å². The van der Waals surface area contributed by atoms with Gasteiger partial charge < -0.3 is 4.57 Å². The van der Waals surface area contributed by atoms with Crippen LogP contribution in [0.2, 0.25) is 0 Å². The Labute approximate surface area is 165 Å². The molecule has 26 heavy (non-hydrogen) atoms. The van der Waals surface area contributed by atoms with Crippen LogP contribution in [0.15, 0.2) is 29.0 Å². The van der Waals surface area contributed by atoms with Gasteiger partial charge in [-0.1, -0.05) is 25.1 Å². The zero-order valence-corrected chi connectivity index (χ0v) is 17.0. The molecule has 0 aliphatic carbocycles. The van der Waals surface area contributed by atoms with Crippen LogP contribution in [0.25, 0.3) is 22.4 Å². The zero-order valence-electron chi connectivity index (χ0n) is 14.5. The number of thiazole rings is 1. The van der Waals surface area contributed by atoms with Crippen LogP contribution in [0.4, 0.5) is 0 Å². The van der Waals surface area contributed by atoms with Gasteiger partial charge >= 0.3 is 0 Å². The number of nitrogens with zero attached hydrogens (tertiary/aromatic N) is 6. The van der Waals surface area contributed by atoms with E-state index in [1.165, 1.54) is 24.2 Å². The fourth-order valence-corrected chi connectivity index (χ4v) is 4.98. The van der Waals surface area contributed by atoms with E-state index in [0.717, 1.165) is 15.8 Å². The number of aryl methyl sites for hydroxylation is 1. The average molecular weight is 403 g/mol. The van der Waals surface area contributed by atoms with E-state index in [1.807, 2.05) is 35.0 Å². The lowest BCUT2D eigenvalue weighted by Gasteiger charge is -2.10. The molecule has 6 nitrogen and oxygen atoms in total. The van der Waals surface area contributed by atoms with Gasteiger partial charge in [0, 0.05) is 36.1 Å². The van der Waals surface area contributed by atoms with Gasteiger partial charge in [0.1, 0.15) is 22.4 Å². The number of rotatable bonds is 8. The third-order valence-electron chi connectivity index (χ3n) is 3.57. The van der Waals surface area contributed by atoms with Gasteiger partial charge in [-0.25, -0.2) is 19.9 Å². The fraction of sp³-hybridized carbons (Fsp3) is 0.353. The van der Waals surface area contributed by atoms with Crippen molar-refractivity contribution in [2.75, 3.05) is 10.8 Å². The van der Waals surface area contributed by atoms with Crippen molar-refractivity contribution >= 4 is 34.9 Å². The summed E-state index contributed by atoms with van der Waals surface area (Å²) in [6.07, 6.45) is 7.66. The largest absolute Gasteiger partial charge is 0.333 e. The molecule has 134 valence electrons. The van der Waals surface area contributed by atoms with Crippen LogP contribution in [0.1, 0.15) is 25.3 Å². The Morgan fingerprint density at radius 2 is 2.15 bits per heavy atom. The van der Waals surface area contributed by atoms with Gasteiger partial charge in [0.2, 0.25) is 0 Å². The molecule has 0 N–H and O–H groups in total. The molecule has 0 amide bonds. The van der Waals surface area contributed by atoms with E-state index in [-0.39, 0.29) is 0 Å². The summed E-state index contributed by atoms with van der Waals surface area (Å²) in [5.41, 5.74) is 1.03. The molecule has 3 aromatic heterocycles. The van der Waals surface area contributed by atoms with Crippen molar-refractivity contribution in [1.29, 1.82) is 5.26 Å². The lowest BCUT2D eigenvalue weighted by Crippen LogP contribution is -2.03. The molecule has 3 aromatic rings. The van der Waals surface area contributed by atoms with Crippen LogP contribution in [0.5, 0.6) is 0 Å². The van der Waals surface area contributed by atoms with Crippen LogP contribution >= 0.6 is 34.9 Å². The first-order valence-corrected chi connectivity index (χ1v) is 11.2. The summed E-state index contributed by atoms with van der Waals surface area (Å²) in [6, 6.07) is 2.28. The molecule has 0 spiro atoms. The molecule has 0 aliphatic heterocycles. The van der Waals surface area contributed by atoms with Gasteiger partial charge in [0.25, 0.3) is 0 Å². The zero-order chi connectivity index (χ0) is 18.4. The van der Waals surface area contributed by atoms with Gasteiger partial charge in [-0.3, -0.25) is 0 Å². The molecular weight excluding hydrogens is 384 g/mol. The molecule has 0 aliphatic rings. The van der Waals surface area contributed by atoms with Crippen LogP contribution in [0.3, 0.4) is 0 Å². The average Bonchev–Trinajstić information content (AvgIpc) is 3.32. The summed E-state index contributed by atoms with van der Waals surface area (Å²) >= 11 is 4.92. The predicted octanol–water partition coefficient (Wildman–Crippen LogP) is 4.46. The molecule has 3 heterocycles. The van der Waals surface area contributed by atoms with E-state index in [0.29, 0.717) is 27.9 Å². The first kappa shape index (κ1) is 18.9. The first-order valence-electron chi connectivity index (χ1n) is 8.14. The third kappa shape index (κ3) is 4.26. The highest BCUT2D eigenvalue weighted by Gasteiger charge is 2.20. The minimum absolute atomic E-state index is 0.473. The molecule has 9 heteroatoms. The van der Waals surface area contributed by atoms with Crippen LogP contribution in [-0.2, 0) is 7.05 Å². The molecule has 0 saturated heterocycles. The van der Waals surface area contributed by atoms with E-state index in [9.17, 15) is 5.26 Å². The highest BCUT2D eigenvalue weighted by molar-refractivity contribution is 8.15. The molecule has 3 rings (SSSR count). The van der Waals surface area contributed by atoms with Gasteiger partial charge in [-0.05, 0) is 12.2 Å². The summed E-state index contributed by atoms with van der Waals surface area (Å²) in [7, 11) is 1.89. The number of hydrogen-bond acceptors (Lipinski definition) is 8. The fourth-order valence-electron chi connectivity index (χ4n) is 2.23. The Kier molecular flexibility index (Phi) is 6.66. The van der Waals surface area contributed by atoms with Gasteiger partial charge in [0.15, 0.2) is 16.7 Å². The summed E-state index contributed by atoms with van der Waals surface area (Å²) in [4.78, 5) is 17.9. The second-order valence-corrected chi connectivity index (χ2v) is 8.74. The van der Waals surface area contributed by atoms with Crippen molar-refractivity contribution in [3.05, 3.63) is 29.5 Å². The van der Waals surface area contributed by atoms with Gasteiger partial charge in [0.05, 0.1) is 0 Å². The van der Waals surface area contributed by atoms with Crippen molar-refractivity contribution in [1.82, 2.24) is 24.5 Å². The second-order valence-electron chi connectivity index (χ2n) is 5.41. The maximum atomic E-state index is 9.75. The number of imidazole rings is 1. The maximum Gasteiger partial charge on any atom is 0.190 e. The summed E-state index contributed by atoms with van der Waals surface area (Å²) in [6.45, 7) is 2.19. The third-order valence-corrected chi connectivity index (χ3v) is 6.62. The normalized spacial score (nSPS) is 10.8. The number of nitriles is 1. The van der Waals surface area contributed by atoms with E-state index < -0.39 is 0 Å². The molecule has 0 saturated carbocycles. The standard InChI is InChI=1S/C17H18N6S3/c1-3-4-8-24-11-26-16-12(10-18)13(15-19-5-7-23(15)2)21-14(22-16)17-20-6-9-25-17/h5-7,9H,3-4,8,11H2,1-2H3. The van der Waals surface area contributed by atoms with E-state index in [2.05, 4.69) is 32.9 Å². The molecule has 0 radical (unpaired) electrons. The van der Waals surface area contributed by atoms with Crippen molar-refractivity contribution in [2.24, 2.45) is 7.05 Å². The molecular formula is C17H18N6S3. The van der Waals surface area contributed by atoms with Crippen molar-refractivity contribution < 1.29 is 0 Å². The highest BCUT2D eigenvalue weighted by Crippen LogP contribution is 2.32. The minimum atomic E-state index is 0.473. The van der Waals surface area contributed by atoms with Gasteiger partial charge in [-0.15, -0.1) is 11.3 Å². The predicted molar refractivity (Wildman–Crippen MR) is 108 cm³/mol. The summed E-state index contributed by atoms with van der Waals surface area (Å²) in [5.74, 6) is 2.31. The number of aromatic nitrogens is 5. The number of unbranched alkanes of at least 4 members (excludes halogenated alkanes) is 1. The van der Waals surface area contributed by atoms with Crippen LogP contribution in [0, 0.1) is 11.3 Å². The SMILES string of the molecule is CCCCSCSc1nc(-c2nccs2)nc(-c2nccn2C)c1C#N. The Morgan fingerprint density at radius 1 is 1.27 bits per heavy atom. The van der Waals surface area contributed by atoms with E-state index in [1.54, 1.807) is 24.2 Å². The Bertz CT molecular complexity index is 898. The minimum Gasteiger partial charge on any atom is -0.333 e.